The van der Waals surface area contributed by atoms with E-state index in [4.69, 9.17) is 11.6 Å². The van der Waals surface area contributed by atoms with Gasteiger partial charge in [0.05, 0.1) is 5.69 Å². The fraction of sp³-hybridized carbons (Fsp3) is 0.533. The summed E-state index contributed by atoms with van der Waals surface area (Å²) in [6, 6.07) is 6.04. The van der Waals surface area contributed by atoms with Crippen LogP contribution in [0.15, 0.2) is 30.6 Å². The average molecular weight is 280 g/mol. The van der Waals surface area contributed by atoms with Crippen LogP contribution in [0.1, 0.15) is 32.4 Å². The van der Waals surface area contributed by atoms with E-state index in [2.05, 4.69) is 30.3 Å². The summed E-state index contributed by atoms with van der Waals surface area (Å²) in [6.45, 7) is 6.15. The number of nitrogens with one attached hydrogen (secondary N) is 1. The van der Waals surface area contributed by atoms with Gasteiger partial charge in [-0.25, -0.2) is 4.98 Å². The van der Waals surface area contributed by atoms with Crippen LogP contribution in [0.4, 0.5) is 0 Å². The van der Waals surface area contributed by atoms with Gasteiger partial charge in [0.1, 0.15) is 5.65 Å². The smallest absolute Gasteiger partial charge is 0.137 e. The maximum absolute atomic E-state index is 6.11. The third kappa shape index (κ3) is 3.28. The number of hydrogen-bond donors (Lipinski definition) is 1. The highest BCUT2D eigenvalue weighted by Crippen LogP contribution is 2.26. The lowest BCUT2D eigenvalue weighted by Gasteiger charge is -2.29. The first-order valence-corrected chi connectivity index (χ1v) is 7.46. The molecule has 0 spiro atoms. The van der Waals surface area contributed by atoms with Gasteiger partial charge in [-0.15, -0.1) is 11.6 Å². The Labute approximate surface area is 120 Å². The first-order chi connectivity index (χ1) is 9.23. The molecule has 0 saturated carbocycles. The molecular weight excluding hydrogens is 258 g/mol. The molecule has 2 aromatic rings. The summed E-state index contributed by atoms with van der Waals surface area (Å²) in [4.78, 5) is 4.58. The second-order valence-electron chi connectivity index (χ2n) is 5.14. The lowest BCUT2D eigenvalue weighted by Crippen LogP contribution is -2.34. The van der Waals surface area contributed by atoms with Crippen LogP contribution in [-0.4, -0.2) is 21.8 Å². The number of nitrogens with zero attached hydrogens (tertiary/aromatic N) is 2. The number of aromatic nitrogens is 2. The van der Waals surface area contributed by atoms with Crippen LogP contribution in [0, 0.1) is 5.41 Å². The average Bonchev–Trinajstić information content (AvgIpc) is 2.87. The van der Waals surface area contributed by atoms with Crippen LogP contribution in [0.25, 0.3) is 5.65 Å². The predicted octanol–water partition coefficient (Wildman–Crippen LogP) is 3.47. The minimum Gasteiger partial charge on any atom is -0.311 e. The Kier molecular flexibility index (Phi) is 4.83. The summed E-state index contributed by atoms with van der Waals surface area (Å²) in [5.41, 5.74) is 2.27. The third-order valence-electron chi connectivity index (χ3n) is 4.00. The quantitative estimate of drug-likeness (QED) is 0.787. The van der Waals surface area contributed by atoms with Gasteiger partial charge in [0, 0.05) is 31.4 Å². The van der Waals surface area contributed by atoms with Gasteiger partial charge in [-0.3, -0.25) is 0 Å². The molecule has 0 saturated heterocycles. The lowest BCUT2D eigenvalue weighted by molar-refractivity contribution is 0.286. The standard InChI is InChI=1S/C15H22ClN3/c1-3-15(4-2,11-16)12-17-9-13-10-19-8-6-5-7-14(19)18-13/h5-8,10,17H,3-4,9,11-12H2,1-2H3. The molecule has 2 heterocycles. The van der Waals surface area contributed by atoms with E-state index in [0.717, 1.165) is 37.3 Å². The molecule has 1 N–H and O–H groups in total. The van der Waals surface area contributed by atoms with Crippen LogP contribution in [0.5, 0.6) is 0 Å². The van der Waals surface area contributed by atoms with Crippen molar-refractivity contribution in [1.82, 2.24) is 14.7 Å². The molecule has 0 radical (unpaired) electrons. The van der Waals surface area contributed by atoms with E-state index in [9.17, 15) is 0 Å². The molecule has 0 aliphatic heterocycles. The first-order valence-electron chi connectivity index (χ1n) is 6.92. The zero-order valence-electron chi connectivity index (χ0n) is 11.7. The van der Waals surface area contributed by atoms with Crippen LogP contribution in [-0.2, 0) is 6.54 Å². The minimum atomic E-state index is 0.209. The van der Waals surface area contributed by atoms with E-state index in [-0.39, 0.29) is 5.41 Å². The number of alkyl halides is 1. The minimum absolute atomic E-state index is 0.209. The summed E-state index contributed by atoms with van der Waals surface area (Å²) in [6.07, 6.45) is 6.30. The van der Waals surface area contributed by atoms with E-state index < -0.39 is 0 Å². The Morgan fingerprint density at radius 3 is 2.74 bits per heavy atom. The fourth-order valence-corrected chi connectivity index (χ4v) is 2.74. The molecule has 0 atom stereocenters. The topological polar surface area (TPSA) is 29.3 Å². The van der Waals surface area contributed by atoms with Crippen molar-refractivity contribution in [2.45, 2.75) is 33.2 Å². The molecule has 4 heteroatoms. The SMILES string of the molecule is CCC(CC)(CCl)CNCc1cn2ccccc2n1. The van der Waals surface area contributed by atoms with Crippen molar-refractivity contribution in [3.63, 3.8) is 0 Å². The molecule has 0 aromatic carbocycles. The second kappa shape index (κ2) is 6.40. The molecule has 0 bridgehead atoms. The number of halogens is 1. The Bertz CT molecular complexity index is 476. The Balaban J connectivity index is 1.95. The van der Waals surface area contributed by atoms with Gasteiger partial charge in [-0.2, -0.15) is 0 Å². The van der Waals surface area contributed by atoms with Gasteiger partial charge in [-0.05, 0) is 30.4 Å². The zero-order chi connectivity index (χ0) is 13.7. The number of pyridine rings is 1. The summed E-state index contributed by atoms with van der Waals surface area (Å²) < 4.78 is 2.05. The number of imidazole rings is 1. The summed E-state index contributed by atoms with van der Waals surface area (Å²) >= 11 is 6.11. The number of fused-ring (bicyclic) bond motifs is 1. The van der Waals surface area contributed by atoms with Crippen molar-refractivity contribution in [3.8, 4) is 0 Å². The van der Waals surface area contributed by atoms with Crippen molar-refractivity contribution in [3.05, 3.63) is 36.3 Å². The zero-order valence-corrected chi connectivity index (χ0v) is 12.5. The highest BCUT2D eigenvalue weighted by molar-refractivity contribution is 6.18. The molecule has 0 amide bonds. The monoisotopic (exact) mass is 279 g/mol. The molecule has 0 aliphatic carbocycles. The van der Waals surface area contributed by atoms with Crippen molar-refractivity contribution in [2.75, 3.05) is 12.4 Å². The molecule has 0 aliphatic rings. The maximum Gasteiger partial charge on any atom is 0.137 e. The van der Waals surface area contributed by atoms with Crippen molar-refractivity contribution in [1.29, 1.82) is 0 Å². The van der Waals surface area contributed by atoms with Crippen molar-refractivity contribution in [2.24, 2.45) is 5.41 Å². The Morgan fingerprint density at radius 1 is 1.32 bits per heavy atom. The van der Waals surface area contributed by atoms with Crippen LogP contribution >= 0.6 is 11.6 Å². The number of rotatable bonds is 7. The highest BCUT2D eigenvalue weighted by Gasteiger charge is 2.24. The van der Waals surface area contributed by atoms with Gasteiger partial charge in [-0.1, -0.05) is 19.9 Å². The fourth-order valence-electron chi connectivity index (χ4n) is 2.26. The largest absolute Gasteiger partial charge is 0.311 e. The normalized spacial score (nSPS) is 12.2. The molecule has 2 aromatic heterocycles. The van der Waals surface area contributed by atoms with E-state index in [1.807, 2.05) is 28.8 Å². The first kappa shape index (κ1) is 14.4. The molecule has 3 nitrogen and oxygen atoms in total. The highest BCUT2D eigenvalue weighted by atomic mass is 35.5. The molecule has 19 heavy (non-hydrogen) atoms. The second-order valence-corrected chi connectivity index (χ2v) is 5.41. The van der Waals surface area contributed by atoms with Crippen LogP contribution in [0.3, 0.4) is 0 Å². The van der Waals surface area contributed by atoms with Crippen molar-refractivity contribution < 1.29 is 0 Å². The molecular formula is C15H22ClN3. The molecule has 104 valence electrons. The van der Waals surface area contributed by atoms with Crippen LogP contribution < -0.4 is 5.32 Å². The predicted molar refractivity (Wildman–Crippen MR) is 80.6 cm³/mol. The number of hydrogen-bond acceptors (Lipinski definition) is 2. The summed E-state index contributed by atoms with van der Waals surface area (Å²) in [5, 5.41) is 3.50. The lowest BCUT2D eigenvalue weighted by atomic mass is 9.84. The molecule has 0 unspecified atom stereocenters. The Morgan fingerprint density at radius 2 is 2.11 bits per heavy atom. The van der Waals surface area contributed by atoms with E-state index in [1.54, 1.807) is 0 Å². The molecule has 2 rings (SSSR count). The van der Waals surface area contributed by atoms with E-state index in [0.29, 0.717) is 5.88 Å². The van der Waals surface area contributed by atoms with Crippen molar-refractivity contribution >= 4 is 17.2 Å². The van der Waals surface area contributed by atoms with Gasteiger partial charge in [0.15, 0.2) is 0 Å². The van der Waals surface area contributed by atoms with Gasteiger partial charge in [0.2, 0.25) is 0 Å². The van der Waals surface area contributed by atoms with Gasteiger partial charge in [0.25, 0.3) is 0 Å². The van der Waals surface area contributed by atoms with Crippen LogP contribution in [0.2, 0.25) is 0 Å². The molecule has 0 fully saturated rings. The third-order valence-corrected chi connectivity index (χ3v) is 4.57. The van der Waals surface area contributed by atoms with E-state index in [1.165, 1.54) is 0 Å². The Hall–Kier alpha value is -1.06. The summed E-state index contributed by atoms with van der Waals surface area (Å²) in [7, 11) is 0. The van der Waals surface area contributed by atoms with Gasteiger partial charge >= 0.3 is 0 Å². The van der Waals surface area contributed by atoms with Gasteiger partial charge < -0.3 is 9.72 Å². The van der Waals surface area contributed by atoms with E-state index >= 15 is 0 Å². The summed E-state index contributed by atoms with van der Waals surface area (Å²) in [5.74, 6) is 0.707. The maximum atomic E-state index is 6.11.